The highest BCUT2D eigenvalue weighted by Crippen LogP contribution is 2.37. The average molecular weight is 310 g/mol. The third kappa shape index (κ3) is 5.74. The van der Waals surface area contributed by atoms with Crippen molar-refractivity contribution in [2.24, 2.45) is 0 Å². The molecule has 0 radical (unpaired) electrons. The maximum atomic E-state index is 10.6. The Labute approximate surface area is 112 Å². The van der Waals surface area contributed by atoms with Crippen molar-refractivity contribution in [2.75, 3.05) is 6.61 Å². The Hall–Kier alpha value is -0.270. The van der Waals surface area contributed by atoms with Gasteiger partial charge < -0.3 is 20.1 Å². The Morgan fingerprint density at radius 2 is 1.82 bits per heavy atom. The molecule has 0 aromatic heterocycles. The molecule has 17 heavy (non-hydrogen) atoms. The predicted molar refractivity (Wildman–Crippen MR) is 60.1 cm³/mol. The van der Waals surface area contributed by atoms with E-state index in [1.807, 2.05) is 0 Å². The lowest BCUT2D eigenvalue weighted by Gasteiger charge is -2.34. The molecular weight excluding hydrogens is 298 g/mol. The van der Waals surface area contributed by atoms with Gasteiger partial charge in [0.2, 0.25) is 3.79 Å². The topological polar surface area (TPSA) is 104 Å². The maximum Gasteiger partial charge on any atom is 0.306 e. The van der Waals surface area contributed by atoms with Gasteiger partial charge in [0.15, 0.2) is 0 Å². The van der Waals surface area contributed by atoms with Crippen molar-refractivity contribution in [2.45, 2.75) is 28.8 Å². The quantitative estimate of drug-likeness (QED) is 0.504. The molecule has 0 heterocycles. The highest BCUT2D eigenvalue weighted by atomic mass is 35.6. The number of carboxylic acid groups (broad SMARTS) is 1. The molecule has 0 rings (SSSR count). The van der Waals surface area contributed by atoms with Gasteiger partial charge in [-0.3, -0.25) is 9.59 Å². The molecule has 3 N–H and O–H groups in total. The van der Waals surface area contributed by atoms with Crippen molar-refractivity contribution in [3.8, 4) is 0 Å². The van der Waals surface area contributed by atoms with Gasteiger partial charge in [0.05, 0.1) is 6.42 Å². The molecule has 9 heteroatoms. The van der Waals surface area contributed by atoms with E-state index in [-0.39, 0.29) is 0 Å². The lowest BCUT2D eigenvalue weighted by molar-refractivity contribution is -0.168. The van der Waals surface area contributed by atoms with Crippen LogP contribution in [0.15, 0.2) is 0 Å². The fourth-order valence-electron chi connectivity index (χ4n) is 1.02. The van der Waals surface area contributed by atoms with E-state index in [9.17, 15) is 19.8 Å². The SMILES string of the molecule is CC(=O)OCC(O)(CC(=O)O)C(O)C(Cl)(Cl)Cl. The van der Waals surface area contributed by atoms with Gasteiger partial charge >= 0.3 is 11.9 Å². The van der Waals surface area contributed by atoms with Crippen molar-refractivity contribution >= 4 is 46.7 Å². The van der Waals surface area contributed by atoms with Crippen molar-refractivity contribution in [3.63, 3.8) is 0 Å². The molecule has 100 valence electrons. The summed E-state index contributed by atoms with van der Waals surface area (Å²) in [5.41, 5.74) is -2.39. The predicted octanol–water partition coefficient (Wildman–Crippen LogP) is 0.486. The van der Waals surface area contributed by atoms with Gasteiger partial charge in [-0.15, -0.1) is 0 Å². The Kier molecular flexibility index (Phi) is 5.96. The van der Waals surface area contributed by atoms with E-state index in [1.165, 1.54) is 0 Å². The third-order valence-electron chi connectivity index (χ3n) is 1.80. The fourth-order valence-corrected chi connectivity index (χ4v) is 1.63. The molecule has 0 fully saturated rings. The summed E-state index contributed by atoms with van der Waals surface area (Å²) >= 11 is 16.1. The number of halogens is 3. The lowest BCUT2D eigenvalue weighted by Crippen LogP contribution is -2.54. The van der Waals surface area contributed by atoms with E-state index in [2.05, 4.69) is 4.74 Å². The molecule has 0 aromatic rings. The molecule has 0 saturated heterocycles. The molecule has 6 nitrogen and oxygen atoms in total. The van der Waals surface area contributed by atoms with Gasteiger partial charge in [-0.2, -0.15) is 0 Å². The van der Waals surface area contributed by atoms with Crippen molar-refractivity contribution in [1.29, 1.82) is 0 Å². The van der Waals surface area contributed by atoms with E-state index >= 15 is 0 Å². The van der Waals surface area contributed by atoms with Crippen molar-refractivity contribution in [1.82, 2.24) is 0 Å². The van der Waals surface area contributed by atoms with Crippen LogP contribution in [0, 0.1) is 0 Å². The van der Waals surface area contributed by atoms with Gasteiger partial charge in [-0.1, -0.05) is 34.8 Å². The normalized spacial score (nSPS) is 17.1. The second-order valence-corrected chi connectivity index (χ2v) is 5.77. The lowest BCUT2D eigenvalue weighted by atomic mass is 9.94. The van der Waals surface area contributed by atoms with E-state index < -0.39 is 40.5 Å². The van der Waals surface area contributed by atoms with Crippen LogP contribution in [-0.4, -0.2) is 49.4 Å². The van der Waals surface area contributed by atoms with Gasteiger partial charge in [-0.25, -0.2) is 0 Å². The Morgan fingerprint density at radius 1 is 1.35 bits per heavy atom. The van der Waals surface area contributed by atoms with Gasteiger partial charge in [-0.05, 0) is 0 Å². The molecule has 0 aliphatic heterocycles. The molecule has 2 unspecified atom stereocenters. The summed E-state index contributed by atoms with van der Waals surface area (Å²) < 4.78 is 2.12. The number of carbonyl (C=O) groups excluding carboxylic acids is 1. The summed E-state index contributed by atoms with van der Waals surface area (Å²) in [6.07, 6.45) is -2.98. The molecule has 0 amide bonds. The number of carboxylic acids is 1. The molecule has 2 atom stereocenters. The Morgan fingerprint density at radius 3 is 2.12 bits per heavy atom. The van der Waals surface area contributed by atoms with Crippen LogP contribution < -0.4 is 0 Å². The smallest absolute Gasteiger partial charge is 0.306 e. The number of carbonyl (C=O) groups is 2. The van der Waals surface area contributed by atoms with Crippen molar-refractivity contribution < 1.29 is 29.6 Å². The van der Waals surface area contributed by atoms with E-state index in [0.717, 1.165) is 6.92 Å². The molecule has 0 aliphatic rings. The van der Waals surface area contributed by atoms with Crippen LogP contribution in [-0.2, 0) is 14.3 Å². The molecule has 0 saturated carbocycles. The number of ether oxygens (including phenoxy) is 1. The molecular formula is C8H11Cl3O6. The minimum absolute atomic E-state index is 0.773. The summed E-state index contributed by atoms with van der Waals surface area (Å²) in [5, 5.41) is 28.0. The number of alkyl halides is 3. The fraction of sp³-hybridized carbons (Fsp3) is 0.750. The minimum atomic E-state index is -2.39. The van der Waals surface area contributed by atoms with Crippen LogP contribution in [0.3, 0.4) is 0 Å². The highest BCUT2D eigenvalue weighted by molar-refractivity contribution is 6.68. The first kappa shape index (κ1) is 16.7. The van der Waals surface area contributed by atoms with Crippen LogP contribution in [0.4, 0.5) is 0 Å². The van der Waals surface area contributed by atoms with Crippen molar-refractivity contribution in [3.05, 3.63) is 0 Å². The molecule has 0 spiro atoms. The third-order valence-corrected chi connectivity index (χ3v) is 2.42. The summed E-state index contributed by atoms with van der Waals surface area (Å²) in [7, 11) is 0. The van der Waals surface area contributed by atoms with Gasteiger partial charge in [0, 0.05) is 6.92 Å². The maximum absolute atomic E-state index is 10.6. The van der Waals surface area contributed by atoms with Gasteiger partial charge in [0.25, 0.3) is 0 Å². The summed E-state index contributed by atoms with van der Waals surface area (Å²) in [4.78, 5) is 21.1. The zero-order valence-corrected chi connectivity index (χ0v) is 11.0. The van der Waals surface area contributed by atoms with E-state index in [1.54, 1.807) is 0 Å². The van der Waals surface area contributed by atoms with Gasteiger partial charge in [0.1, 0.15) is 18.3 Å². The average Bonchev–Trinajstić information content (AvgIpc) is 2.11. The number of aliphatic hydroxyl groups is 2. The standard InChI is InChI=1S/C8H11Cl3O6/c1-4(12)17-3-7(16,2-5(13)14)6(15)8(9,10)11/h6,15-16H,2-3H2,1H3,(H,13,14). The van der Waals surface area contributed by atoms with Crippen LogP contribution in [0.5, 0.6) is 0 Å². The summed E-state index contributed by atoms with van der Waals surface area (Å²) in [6, 6.07) is 0. The first-order valence-electron chi connectivity index (χ1n) is 4.31. The number of aliphatic hydroxyl groups excluding tert-OH is 1. The zero-order chi connectivity index (χ0) is 13.9. The summed E-state index contributed by atoms with van der Waals surface area (Å²) in [6.45, 7) is 0.243. The second kappa shape index (κ2) is 6.06. The first-order valence-corrected chi connectivity index (χ1v) is 5.45. The van der Waals surface area contributed by atoms with Crippen LogP contribution >= 0.6 is 34.8 Å². The number of hydrogen-bond acceptors (Lipinski definition) is 5. The van der Waals surface area contributed by atoms with E-state index in [0.29, 0.717) is 0 Å². The highest BCUT2D eigenvalue weighted by Gasteiger charge is 2.49. The second-order valence-electron chi connectivity index (χ2n) is 3.40. The number of aliphatic carboxylic acids is 1. The van der Waals surface area contributed by atoms with Crippen LogP contribution in [0.1, 0.15) is 13.3 Å². The largest absolute Gasteiger partial charge is 0.481 e. The number of esters is 1. The number of rotatable bonds is 5. The van der Waals surface area contributed by atoms with Crippen LogP contribution in [0.25, 0.3) is 0 Å². The number of hydrogen-bond donors (Lipinski definition) is 3. The summed E-state index contributed by atoms with van der Waals surface area (Å²) in [5.74, 6) is -2.22. The molecule has 0 aliphatic carbocycles. The van der Waals surface area contributed by atoms with Crippen LogP contribution in [0.2, 0.25) is 0 Å². The first-order chi connectivity index (χ1) is 7.49. The Bertz CT molecular complexity index is 302. The monoisotopic (exact) mass is 308 g/mol. The Balaban J connectivity index is 4.95. The molecule has 0 aromatic carbocycles. The minimum Gasteiger partial charge on any atom is -0.481 e. The zero-order valence-electron chi connectivity index (χ0n) is 8.69. The molecule has 0 bridgehead atoms. The van der Waals surface area contributed by atoms with E-state index in [4.69, 9.17) is 39.9 Å².